The van der Waals surface area contributed by atoms with Gasteiger partial charge in [0.25, 0.3) is 7.82 Å². The van der Waals surface area contributed by atoms with Crippen LogP contribution < -0.4 is 4.89 Å². The molecule has 0 amide bonds. The molecule has 0 N–H and O–H groups in total. The van der Waals surface area contributed by atoms with Crippen molar-refractivity contribution < 1.29 is 42.1 Å². The predicted octanol–water partition coefficient (Wildman–Crippen LogP) is 13.9. The third-order valence-electron chi connectivity index (χ3n) is 10.2. The number of rotatable bonds is 44. The summed E-state index contributed by atoms with van der Waals surface area (Å²) in [5, 5.41) is 0. The quantitative estimate of drug-likeness (QED) is 0.0195. The second-order valence-corrected chi connectivity index (χ2v) is 18.9. The molecule has 358 valence electrons. The molecule has 0 heterocycles. The topological polar surface area (TPSA) is 111 Å². The van der Waals surface area contributed by atoms with E-state index in [-0.39, 0.29) is 32.0 Å². The Kier molecular flexibility index (Phi) is 41.9. The van der Waals surface area contributed by atoms with Crippen LogP contribution in [-0.2, 0) is 32.7 Å². The van der Waals surface area contributed by atoms with E-state index in [9.17, 15) is 19.0 Å². The van der Waals surface area contributed by atoms with E-state index in [0.29, 0.717) is 17.4 Å². The summed E-state index contributed by atoms with van der Waals surface area (Å²) < 4.78 is 33.9. The summed E-state index contributed by atoms with van der Waals surface area (Å²) in [4.78, 5) is 37.6. The number of unbranched alkanes of at least 4 members (excludes halogenated alkanes) is 18. The van der Waals surface area contributed by atoms with Gasteiger partial charge in [0.1, 0.15) is 19.8 Å². The molecule has 0 aromatic rings. The number of likely N-dealkylation sites (N-methyl/N-ethyl adjacent to an activating group) is 1. The predicted molar refractivity (Wildman–Crippen MR) is 259 cm³/mol. The number of hydrogen-bond acceptors (Lipinski definition) is 8. The van der Waals surface area contributed by atoms with Crippen molar-refractivity contribution in [3.05, 3.63) is 72.9 Å². The summed E-state index contributed by atoms with van der Waals surface area (Å²) in [5.74, 6) is -0.846. The third kappa shape index (κ3) is 46.9. The average molecular weight is 890 g/mol. The molecule has 0 aromatic heterocycles. The number of hydrogen-bond donors (Lipinski definition) is 0. The van der Waals surface area contributed by atoms with Crippen LogP contribution in [0.3, 0.4) is 0 Å². The molecular weight excluding hydrogens is 798 g/mol. The van der Waals surface area contributed by atoms with Gasteiger partial charge in [0.05, 0.1) is 27.7 Å². The lowest BCUT2D eigenvalue weighted by molar-refractivity contribution is -0.870. The Bertz CT molecular complexity index is 1280. The summed E-state index contributed by atoms with van der Waals surface area (Å²) >= 11 is 0. The number of nitrogens with zero attached hydrogens (tertiary/aromatic N) is 1. The Labute approximate surface area is 380 Å². The van der Waals surface area contributed by atoms with Crippen molar-refractivity contribution in [3.8, 4) is 0 Å². The molecule has 62 heavy (non-hydrogen) atoms. The fourth-order valence-electron chi connectivity index (χ4n) is 6.42. The van der Waals surface area contributed by atoms with Crippen molar-refractivity contribution in [2.45, 2.75) is 200 Å². The van der Waals surface area contributed by atoms with E-state index >= 15 is 0 Å². The lowest BCUT2D eigenvalue weighted by Crippen LogP contribution is -2.37. The van der Waals surface area contributed by atoms with Crippen molar-refractivity contribution in [1.29, 1.82) is 0 Å². The number of ether oxygens (including phenoxy) is 2. The Morgan fingerprint density at radius 2 is 0.919 bits per heavy atom. The molecule has 0 bridgehead atoms. The Morgan fingerprint density at radius 1 is 0.516 bits per heavy atom. The lowest BCUT2D eigenvalue weighted by atomic mass is 10.1. The van der Waals surface area contributed by atoms with Crippen LogP contribution in [0.4, 0.5) is 0 Å². The van der Waals surface area contributed by atoms with Gasteiger partial charge < -0.3 is 27.9 Å². The van der Waals surface area contributed by atoms with E-state index in [1.165, 1.54) is 77.0 Å². The van der Waals surface area contributed by atoms with Gasteiger partial charge in [0.15, 0.2) is 6.10 Å². The number of allylic oxidation sites excluding steroid dienone is 12. The normalized spacial score (nSPS) is 14.1. The minimum absolute atomic E-state index is 0.0347. The summed E-state index contributed by atoms with van der Waals surface area (Å²) in [7, 11) is 1.15. The van der Waals surface area contributed by atoms with Gasteiger partial charge in [-0.25, -0.2) is 0 Å². The maximum Gasteiger partial charge on any atom is 0.306 e. The standard InChI is InChI=1S/C52H92NO8P/c1-6-8-10-12-14-16-18-19-20-21-22-23-24-25-26-27-28-29-30-31-32-33-35-37-39-41-43-45-52(55)61-50(49-60-62(56,57)59-47-46-53(3,4)5)48-58-51(54)44-42-40-38-36-34-17-15-13-11-9-7-2/h8,10,14,16,19-20,22-23,25-26,28-29,50H,6-7,9,11-13,15,17-18,21,24,27,30-49H2,1-5H3/b10-8-,16-14-,20-19-,23-22-,26-25-,29-28-. The second-order valence-electron chi connectivity index (χ2n) is 17.5. The molecule has 0 aliphatic heterocycles. The maximum absolute atomic E-state index is 12.7. The first-order valence-electron chi connectivity index (χ1n) is 24.6. The first-order valence-corrected chi connectivity index (χ1v) is 26.1. The zero-order valence-electron chi connectivity index (χ0n) is 40.3. The van der Waals surface area contributed by atoms with Crippen LogP contribution >= 0.6 is 7.82 Å². The number of carbonyl (C=O) groups excluding carboxylic acids is 2. The zero-order valence-corrected chi connectivity index (χ0v) is 41.2. The second kappa shape index (κ2) is 43.7. The fraction of sp³-hybridized carbons (Fsp3) is 0.731. The summed E-state index contributed by atoms with van der Waals surface area (Å²) in [5.41, 5.74) is 0. The van der Waals surface area contributed by atoms with Crippen molar-refractivity contribution in [2.24, 2.45) is 0 Å². The Balaban J connectivity index is 4.23. The van der Waals surface area contributed by atoms with Crippen LogP contribution in [0, 0.1) is 0 Å². The minimum Gasteiger partial charge on any atom is -0.756 e. The van der Waals surface area contributed by atoms with E-state index in [0.717, 1.165) is 83.5 Å². The minimum atomic E-state index is -4.63. The third-order valence-corrected chi connectivity index (χ3v) is 11.2. The van der Waals surface area contributed by atoms with Crippen LogP contribution in [0.15, 0.2) is 72.9 Å². The van der Waals surface area contributed by atoms with Gasteiger partial charge in [-0.3, -0.25) is 14.2 Å². The monoisotopic (exact) mass is 890 g/mol. The van der Waals surface area contributed by atoms with Crippen LogP contribution in [0.25, 0.3) is 0 Å². The molecule has 0 spiro atoms. The fourth-order valence-corrected chi connectivity index (χ4v) is 7.15. The molecule has 9 nitrogen and oxygen atoms in total. The first-order chi connectivity index (χ1) is 30.0. The van der Waals surface area contributed by atoms with E-state index in [2.05, 4.69) is 86.8 Å². The Morgan fingerprint density at radius 3 is 1.37 bits per heavy atom. The highest BCUT2D eigenvalue weighted by Gasteiger charge is 2.21. The van der Waals surface area contributed by atoms with Crippen molar-refractivity contribution in [2.75, 3.05) is 47.5 Å². The molecule has 2 atom stereocenters. The molecule has 0 aliphatic carbocycles. The first kappa shape index (κ1) is 59.5. The molecular formula is C52H92NO8P. The van der Waals surface area contributed by atoms with E-state index in [4.69, 9.17) is 18.5 Å². The van der Waals surface area contributed by atoms with Gasteiger partial charge in [-0.05, 0) is 64.2 Å². The highest BCUT2D eigenvalue weighted by atomic mass is 31.2. The number of phosphoric ester groups is 1. The molecule has 0 fully saturated rings. The SMILES string of the molecule is CC/C=C\C/C=C\C/C=C\C/C=C\C/C=C\C/C=C\CCCCCCCCCCC(=O)OC(COC(=O)CCCCCCCCCCCCC)COP(=O)([O-])OCC[N+](C)(C)C. The highest BCUT2D eigenvalue weighted by molar-refractivity contribution is 7.45. The van der Waals surface area contributed by atoms with E-state index in [1.807, 2.05) is 21.1 Å². The van der Waals surface area contributed by atoms with Crippen LogP contribution in [0.2, 0.25) is 0 Å². The van der Waals surface area contributed by atoms with Gasteiger partial charge >= 0.3 is 11.9 Å². The lowest BCUT2D eigenvalue weighted by Gasteiger charge is -2.28. The average Bonchev–Trinajstić information content (AvgIpc) is 3.23. The van der Waals surface area contributed by atoms with Crippen LogP contribution in [0.5, 0.6) is 0 Å². The number of carbonyl (C=O) groups is 2. The molecule has 0 saturated heterocycles. The van der Waals surface area contributed by atoms with Crippen molar-refractivity contribution in [3.63, 3.8) is 0 Å². The maximum atomic E-state index is 12.7. The number of phosphoric acid groups is 1. The smallest absolute Gasteiger partial charge is 0.306 e. The molecule has 0 saturated carbocycles. The van der Waals surface area contributed by atoms with E-state index in [1.54, 1.807) is 0 Å². The van der Waals surface area contributed by atoms with Gasteiger partial charge in [0, 0.05) is 12.8 Å². The van der Waals surface area contributed by atoms with Gasteiger partial charge in [0.2, 0.25) is 0 Å². The number of quaternary nitrogens is 1. The molecule has 0 aromatic carbocycles. The molecule has 0 rings (SSSR count). The Hall–Kier alpha value is -2.55. The summed E-state index contributed by atoms with van der Waals surface area (Å²) in [6.45, 7) is 4.09. The van der Waals surface area contributed by atoms with Crippen molar-refractivity contribution >= 4 is 19.8 Å². The summed E-state index contributed by atoms with van der Waals surface area (Å²) in [6.07, 6.45) is 55.0. The van der Waals surface area contributed by atoms with Crippen LogP contribution in [0.1, 0.15) is 194 Å². The van der Waals surface area contributed by atoms with Gasteiger partial charge in [-0.2, -0.15) is 0 Å². The van der Waals surface area contributed by atoms with Gasteiger partial charge in [-0.1, -0.05) is 189 Å². The molecule has 0 radical (unpaired) electrons. The van der Waals surface area contributed by atoms with Gasteiger partial charge in [-0.15, -0.1) is 0 Å². The zero-order chi connectivity index (χ0) is 45.7. The highest BCUT2D eigenvalue weighted by Crippen LogP contribution is 2.38. The largest absolute Gasteiger partial charge is 0.756 e. The molecule has 0 aliphatic rings. The number of esters is 2. The van der Waals surface area contributed by atoms with E-state index < -0.39 is 26.5 Å². The molecule has 10 heteroatoms. The van der Waals surface area contributed by atoms with Crippen LogP contribution in [-0.4, -0.2) is 70.0 Å². The summed E-state index contributed by atoms with van der Waals surface area (Å²) in [6, 6.07) is 0. The van der Waals surface area contributed by atoms with Crippen molar-refractivity contribution in [1.82, 2.24) is 0 Å². The molecule has 2 unspecified atom stereocenters.